The highest BCUT2D eigenvalue weighted by molar-refractivity contribution is 6.14. The minimum Gasteiger partial charge on any atom is -0.291 e. The van der Waals surface area contributed by atoms with Crippen molar-refractivity contribution < 1.29 is 4.84 Å². The molecule has 3 aromatic rings. The molecule has 0 bridgehead atoms. The van der Waals surface area contributed by atoms with Crippen LogP contribution in [-0.4, -0.2) is 44.6 Å². The summed E-state index contributed by atoms with van der Waals surface area (Å²) >= 11 is 0. The third kappa shape index (κ3) is 2.95. The SMILES string of the molecule is CN(C)OCc1nnc2n1-c1ccccc1C(c1ccccn1)=NC2. The Morgan fingerprint density at radius 3 is 2.72 bits per heavy atom. The van der Waals surface area contributed by atoms with Crippen LogP contribution in [0.2, 0.25) is 0 Å². The highest BCUT2D eigenvalue weighted by Gasteiger charge is 2.23. The Balaban J connectivity index is 1.84. The van der Waals surface area contributed by atoms with Crippen LogP contribution >= 0.6 is 0 Å². The maximum absolute atomic E-state index is 5.58. The monoisotopic (exact) mass is 334 g/mol. The lowest BCUT2D eigenvalue weighted by atomic mass is 10.0. The fraction of sp³-hybridized carbons (Fsp3) is 0.222. The highest BCUT2D eigenvalue weighted by atomic mass is 16.7. The van der Waals surface area contributed by atoms with Gasteiger partial charge in [-0.2, -0.15) is 5.06 Å². The average molecular weight is 334 g/mol. The molecule has 3 heterocycles. The standard InChI is InChI=1S/C18H18N6O/c1-23(2)25-12-17-22-21-16-11-20-18(14-8-5-6-10-19-14)13-7-3-4-9-15(13)24(16)17/h3-10H,11-12H2,1-2H3. The van der Waals surface area contributed by atoms with Gasteiger partial charge in [-0.15, -0.1) is 10.2 Å². The molecular weight excluding hydrogens is 316 g/mol. The molecule has 0 aliphatic carbocycles. The minimum absolute atomic E-state index is 0.341. The number of aromatic nitrogens is 4. The Morgan fingerprint density at radius 2 is 1.92 bits per heavy atom. The molecule has 0 radical (unpaired) electrons. The van der Waals surface area contributed by atoms with Crippen LogP contribution in [0.4, 0.5) is 0 Å². The van der Waals surface area contributed by atoms with Crippen molar-refractivity contribution in [1.29, 1.82) is 0 Å². The van der Waals surface area contributed by atoms with E-state index >= 15 is 0 Å². The summed E-state index contributed by atoms with van der Waals surface area (Å²) in [6.07, 6.45) is 1.78. The summed E-state index contributed by atoms with van der Waals surface area (Å²) in [6.45, 7) is 0.781. The lowest BCUT2D eigenvalue weighted by Crippen LogP contribution is -2.15. The van der Waals surface area contributed by atoms with Gasteiger partial charge in [0.05, 0.1) is 17.1 Å². The van der Waals surface area contributed by atoms with Crippen LogP contribution in [0, 0.1) is 0 Å². The quantitative estimate of drug-likeness (QED) is 0.683. The number of hydrogen-bond donors (Lipinski definition) is 0. The smallest absolute Gasteiger partial charge is 0.165 e. The fourth-order valence-corrected chi connectivity index (χ4v) is 2.84. The molecule has 1 aromatic carbocycles. The van der Waals surface area contributed by atoms with Gasteiger partial charge in [-0.05, 0) is 18.2 Å². The molecule has 1 aliphatic rings. The van der Waals surface area contributed by atoms with Crippen LogP contribution in [-0.2, 0) is 18.0 Å². The van der Waals surface area contributed by atoms with Crippen molar-refractivity contribution in [2.45, 2.75) is 13.2 Å². The van der Waals surface area contributed by atoms with E-state index in [1.165, 1.54) is 0 Å². The zero-order chi connectivity index (χ0) is 17.2. The molecule has 2 aromatic heterocycles. The van der Waals surface area contributed by atoms with E-state index in [9.17, 15) is 0 Å². The second kappa shape index (κ2) is 6.54. The van der Waals surface area contributed by atoms with Crippen LogP contribution in [0.25, 0.3) is 5.69 Å². The number of pyridine rings is 1. The summed E-state index contributed by atoms with van der Waals surface area (Å²) in [5.41, 5.74) is 3.70. The second-order valence-corrected chi connectivity index (χ2v) is 5.85. The van der Waals surface area contributed by atoms with Crippen LogP contribution in [0.5, 0.6) is 0 Å². The number of nitrogens with zero attached hydrogens (tertiary/aromatic N) is 6. The topological polar surface area (TPSA) is 68.4 Å². The van der Waals surface area contributed by atoms with Gasteiger partial charge in [-0.1, -0.05) is 24.3 Å². The lowest BCUT2D eigenvalue weighted by Gasteiger charge is -2.14. The van der Waals surface area contributed by atoms with Gasteiger partial charge in [0.15, 0.2) is 11.6 Å². The van der Waals surface area contributed by atoms with Gasteiger partial charge in [0.2, 0.25) is 0 Å². The molecule has 4 rings (SSSR count). The van der Waals surface area contributed by atoms with Crippen molar-refractivity contribution in [2.24, 2.45) is 4.99 Å². The van der Waals surface area contributed by atoms with Crippen LogP contribution < -0.4 is 0 Å². The second-order valence-electron chi connectivity index (χ2n) is 5.85. The summed E-state index contributed by atoms with van der Waals surface area (Å²) in [4.78, 5) is 14.8. The van der Waals surface area contributed by atoms with E-state index in [0.29, 0.717) is 13.2 Å². The van der Waals surface area contributed by atoms with Crippen LogP contribution in [0.3, 0.4) is 0 Å². The molecule has 0 N–H and O–H groups in total. The van der Waals surface area contributed by atoms with Gasteiger partial charge in [0.25, 0.3) is 0 Å². The number of fused-ring (bicyclic) bond motifs is 3. The molecule has 0 atom stereocenters. The lowest BCUT2D eigenvalue weighted by molar-refractivity contribution is -0.133. The molecule has 0 amide bonds. The van der Waals surface area contributed by atoms with Crippen molar-refractivity contribution in [2.75, 3.05) is 14.1 Å². The van der Waals surface area contributed by atoms with E-state index in [-0.39, 0.29) is 0 Å². The largest absolute Gasteiger partial charge is 0.291 e. The Labute approximate surface area is 145 Å². The summed E-state index contributed by atoms with van der Waals surface area (Å²) in [5.74, 6) is 1.53. The van der Waals surface area contributed by atoms with Crippen molar-refractivity contribution in [3.63, 3.8) is 0 Å². The van der Waals surface area contributed by atoms with Gasteiger partial charge in [0.1, 0.15) is 13.2 Å². The number of hydroxylamine groups is 2. The number of rotatable bonds is 4. The summed E-state index contributed by atoms with van der Waals surface area (Å²) in [6, 6.07) is 13.9. The van der Waals surface area contributed by atoms with E-state index in [0.717, 1.165) is 34.3 Å². The van der Waals surface area contributed by atoms with Gasteiger partial charge >= 0.3 is 0 Å². The predicted octanol–water partition coefficient (Wildman–Crippen LogP) is 2.01. The first-order chi connectivity index (χ1) is 12.2. The van der Waals surface area contributed by atoms with Crippen molar-refractivity contribution in [3.8, 4) is 5.69 Å². The third-order valence-electron chi connectivity index (χ3n) is 3.94. The first kappa shape index (κ1) is 15.6. The number of benzene rings is 1. The van der Waals surface area contributed by atoms with Gasteiger partial charge in [0, 0.05) is 25.9 Å². The number of para-hydroxylation sites is 1. The number of aliphatic imine (C=N–C) groups is 1. The summed E-state index contributed by atoms with van der Waals surface area (Å²) in [7, 11) is 3.69. The Bertz CT molecular complexity index is 916. The zero-order valence-corrected chi connectivity index (χ0v) is 14.1. The van der Waals surface area contributed by atoms with Crippen LogP contribution in [0.1, 0.15) is 22.9 Å². The predicted molar refractivity (Wildman–Crippen MR) is 93.4 cm³/mol. The molecule has 0 fully saturated rings. The van der Waals surface area contributed by atoms with E-state index in [4.69, 9.17) is 9.83 Å². The minimum atomic E-state index is 0.341. The maximum atomic E-state index is 5.58. The first-order valence-corrected chi connectivity index (χ1v) is 8.03. The first-order valence-electron chi connectivity index (χ1n) is 8.03. The zero-order valence-electron chi connectivity index (χ0n) is 14.1. The van der Waals surface area contributed by atoms with E-state index in [2.05, 4.69) is 21.2 Å². The van der Waals surface area contributed by atoms with E-state index in [1.54, 1.807) is 11.3 Å². The molecule has 0 saturated carbocycles. The Hall–Kier alpha value is -2.90. The summed E-state index contributed by atoms with van der Waals surface area (Å²) < 4.78 is 2.03. The molecule has 0 saturated heterocycles. The van der Waals surface area contributed by atoms with Gasteiger partial charge < -0.3 is 0 Å². The molecule has 7 heteroatoms. The fourth-order valence-electron chi connectivity index (χ4n) is 2.84. The van der Waals surface area contributed by atoms with Gasteiger partial charge in [-0.25, -0.2) is 0 Å². The maximum Gasteiger partial charge on any atom is 0.165 e. The van der Waals surface area contributed by atoms with E-state index in [1.807, 2.05) is 55.1 Å². The normalized spacial score (nSPS) is 13.2. The van der Waals surface area contributed by atoms with Crippen molar-refractivity contribution in [1.82, 2.24) is 24.8 Å². The molecule has 0 unspecified atom stereocenters. The molecule has 126 valence electrons. The molecular formula is C18H18N6O. The molecule has 25 heavy (non-hydrogen) atoms. The third-order valence-corrected chi connectivity index (χ3v) is 3.94. The Kier molecular flexibility index (Phi) is 4.09. The highest BCUT2D eigenvalue weighted by Crippen LogP contribution is 2.25. The van der Waals surface area contributed by atoms with E-state index < -0.39 is 0 Å². The molecule has 1 aliphatic heterocycles. The summed E-state index contributed by atoms with van der Waals surface area (Å²) in [5, 5.41) is 10.2. The van der Waals surface area contributed by atoms with Crippen LogP contribution in [0.15, 0.2) is 53.7 Å². The average Bonchev–Trinajstić information content (AvgIpc) is 2.96. The van der Waals surface area contributed by atoms with Crippen molar-refractivity contribution in [3.05, 3.63) is 71.6 Å². The van der Waals surface area contributed by atoms with Crippen molar-refractivity contribution >= 4 is 5.71 Å². The molecule has 7 nitrogen and oxygen atoms in total. The van der Waals surface area contributed by atoms with Gasteiger partial charge in [-0.3, -0.25) is 19.4 Å². The number of hydrogen-bond acceptors (Lipinski definition) is 6. The Morgan fingerprint density at radius 1 is 1.08 bits per heavy atom. The molecule has 0 spiro atoms.